The van der Waals surface area contributed by atoms with Crippen LogP contribution < -0.4 is 5.32 Å². The summed E-state index contributed by atoms with van der Waals surface area (Å²) in [5, 5.41) is 3.41. The molecule has 2 N–H and O–H groups in total. The maximum Gasteiger partial charge on any atom is 0.111 e. The Labute approximate surface area is 97.0 Å². The smallest absolute Gasteiger partial charge is 0.111 e. The van der Waals surface area contributed by atoms with Gasteiger partial charge in [-0.25, -0.2) is 4.98 Å². The maximum atomic E-state index is 4.86. The molecule has 88 valence electrons. The molecule has 3 rings (SSSR count). The number of imidazole rings is 1. The normalized spacial score (nSPS) is 25.6. The van der Waals surface area contributed by atoms with E-state index in [-0.39, 0.29) is 0 Å². The van der Waals surface area contributed by atoms with Crippen molar-refractivity contribution in [2.75, 3.05) is 13.1 Å². The van der Waals surface area contributed by atoms with Gasteiger partial charge in [0.2, 0.25) is 0 Å². The van der Waals surface area contributed by atoms with Crippen molar-refractivity contribution in [3.05, 3.63) is 17.2 Å². The van der Waals surface area contributed by atoms with Crippen LogP contribution in [0.15, 0.2) is 0 Å². The zero-order valence-corrected chi connectivity index (χ0v) is 10.2. The first-order chi connectivity index (χ1) is 7.75. The fourth-order valence-electron chi connectivity index (χ4n) is 2.62. The molecular weight excluding hydrogens is 198 g/mol. The zero-order valence-electron chi connectivity index (χ0n) is 10.2. The van der Waals surface area contributed by atoms with Gasteiger partial charge in [-0.05, 0) is 31.7 Å². The van der Waals surface area contributed by atoms with E-state index in [1.54, 1.807) is 0 Å². The SMILES string of the molecule is CC(C)c1nc(C2CCNC2)[nH]c1C1CC1. The summed E-state index contributed by atoms with van der Waals surface area (Å²) in [5.74, 6) is 3.18. The van der Waals surface area contributed by atoms with Crippen LogP contribution in [0.4, 0.5) is 0 Å². The van der Waals surface area contributed by atoms with Crippen LogP contribution >= 0.6 is 0 Å². The van der Waals surface area contributed by atoms with E-state index in [1.807, 2.05) is 0 Å². The number of aromatic amines is 1. The molecule has 2 aliphatic rings. The Morgan fingerprint density at radius 1 is 1.19 bits per heavy atom. The van der Waals surface area contributed by atoms with Crippen molar-refractivity contribution in [3.63, 3.8) is 0 Å². The summed E-state index contributed by atoms with van der Waals surface area (Å²) in [4.78, 5) is 8.47. The quantitative estimate of drug-likeness (QED) is 0.820. The van der Waals surface area contributed by atoms with Gasteiger partial charge in [0.25, 0.3) is 0 Å². The van der Waals surface area contributed by atoms with Crippen LogP contribution in [0.5, 0.6) is 0 Å². The first-order valence-corrected chi connectivity index (χ1v) is 6.56. The summed E-state index contributed by atoms with van der Waals surface area (Å²) >= 11 is 0. The fraction of sp³-hybridized carbons (Fsp3) is 0.769. The van der Waals surface area contributed by atoms with Gasteiger partial charge in [-0.15, -0.1) is 0 Å². The second-order valence-electron chi connectivity index (χ2n) is 5.54. The largest absolute Gasteiger partial charge is 0.345 e. The molecule has 0 spiro atoms. The van der Waals surface area contributed by atoms with Crippen LogP contribution in [0.25, 0.3) is 0 Å². The molecule has 1 saturated carbocycles. The van der Waals surface area contributed by atoms with Crippen LogP contribution in [0.3, 0.4) is 0 Å². The van der Waals surface area contributed by atoms with E-state index < -0.39 is 0 Å². The topological polar surface area (TPSA) is 40.7 Å². The molecular formula is C13H21N3. The van der Waals surface area contributed by atoms with Crippen molar-refractivity contribution in [1.29, 1.82) is 0 Å². The first kappa shape index (κ1) is 10.3. The number of rotatable bonds is 3. The highest BCUT2D eigenvalue weighted by Crippen LogP contribution is 2.42. The van der Waals surface area contributed by atoms with Crippen LogP contribution in [-0.4, -0.2) is 23.1 Å². The molecule has 2 heterocycles. The Hall–Kier alpha value is -0.830. The molecule has 1 aromatic heterocycles. The minimum Gasteiger partial charge on any atom is -0.345 e. The lowest BCUT2D eigenvalue weighted by molar-refractivity contribution is 0.705. The zero-order chi connectivity index (χ0) is 11.1. The Kier molecular flexibility index (Phi) is 2.51. The number of hydrogen-bond acceptors (Lipinski definition) is 2. The van der Waals surface area contributed by atoms with Gasteiger partial charge < -0.3 is 10.3 Å². The summed E-state index contributed by atoms with van der Waals surface area (Å²) in [6.45, 7) is 6.73. The first-order valence-electron chi connectivity index (χ1n) is 6.56. The average molecular weight is 219 g/mol. The molecule has 0 radical (unpaired) electrons. The Balaban J connectivity index is 1.91. The van der Waals surface area contributed by atoms with Crippen molar-refractivity contribution in [1.82, 2.24) is 15.3 Å². The molecule has 1 aliphatic heterocycles. The lowest BCUT2D eigenvalue weighted by atomic mass is 10.1. The number of nitrogens with zero attached hydrogens (tertiary/aromatic N) is 1. The second kappa shape index (κ2) is 3.88. The van der Waals surface area contributed by atoms with E-state index in [9.17, 15) is 0 Å². The Bertz CT molecular complexity index is 351. The highest BCUT2D eigenvalue weighted by atomic mass is 15.0. The van der Waals surface area contributed by atoms with Crippen molar-refractivity contribution < 1.29 is 0 Å². The number of hydrogen-bond donors (Lipinski definition) is 2. The predicted octanol–water partition coefficient (Wildman–Crippen LogP) is 2.49. The number of aromatic nitrogens is 2. The Morgan fingerprint density at radius 2 is 2.00 bits per heavy atom. The predicted molar refractivity (Wildman–Crippen MR) is 64.9 cm³/mol. The van der Waals surface area contributed by atoms with Gasteiger partial charge in [-0.1, -0.05) is 13.8 Å². The van der Waals surface area contributed by atoms with E-state index >= 15 is 0 Å². The molecule has 0 aromatic carbocycles. The maximum absolute atomic E-state index is 4.86. The summed E-state index contributed by atoms with van der Waals surface area (Å²) in [5.41, 5.74) is 2.77. The average Bonchev–Trinajstić information content (AvgIpc) is 2.83. The molecule has 1 aliphatic carbocycles. The van der Waals surface area contributed by atoms with E-state index in [1.165, 1.54) is 36.5 Å². The molecule has 3 heteroatoms. The van der Waals surface area contributed by atoms with Crippen LogP contribution in [0, 0.1) is 0 Å². The van der Waals surface area contributed by atoms with E-state index in [4.69, 9.17) is 4.98 Å². The van der Waals surface area contributed by atoms with Crippen molar-refractivity contribution >= 4 is 0 Å². The highest BCUT2D eigenvalue weighted by Gasteiger charge is 2.31. The van der Waals surface area contributed by atoms with Crippen molar-refractivity contribution in [3.8, 4) is 0 Å². The molecule has 0 bridgehead atoms. The van der Waals surface area contributed by atoms with Crippen LogP contribution in [0.2, 0.25) is 0 Å². The second-order valence-corrected chi connectivity index (χ2v) is 5.54. The molecule has 0 amide bonds. The molecule has 1 aromatic rings. The van der Waals surface area contributed by atoms with Crippen LogP contribution in [-0.2, 0) is 0 Å². The van der Waals surface area contributed by atoms with Gasteiger partial charge >= 0.3 is 0 Å². The van der Waals surface area contributed by atoms with Gasteiger partial charge in [0.1, 0.15) is 5.82 Å². The molecule has 3 nitrogen and oxygen atoms in total. The standard InChI is InChI=1S/C13H21N3/c1-8(2)11-12(9-3-4-9)16-13(15-11)10-5-6-14-7-10/h8-10,14H,3-7H2,1-2H3,(H,15,16). The van der Waals surface area contributed by atoms with Crippen molar-refractivity contribution in [2.45, 2.75) is 50.9 Å². The van der Waals surface area contributed by atoms with E-state index in [0.29, 0.717) is 11.8 Å². The van der Waals surface area contributed by atoms with Crippen LogP contribution in [0.1, 0.15) is 68.1 Å². The molecule has 1 saturated heterocycles. The lowest BCUT2D eigenvalue weighted by Gasteiger charge is -2.03. The molecule has 1 atom stereocenters. The third kappa shape index (κ3) is 1.77. The van der Waals surface area contributed by atoms with Gasteiger partial charge in [-0.2, -0.15) is 0 Å². The fourth-order valence-corrected chi connectivity index (χ4v) is 2.62. The van der Waals surface area contributed by atoms with E-state index in [2.05, 4.69) is 24.1 Å². The number of nitrogens with one attached hydrogen (secondary N) is 2. The Morgan fingerprint density at radius 3 is 2.56 bits per heavy atom. The third-order valence-electron chi connectivity index (χ3n) is 3.76. The molecule has 1 unspecified atom stereocenters. The van der Waals surface area contributed by atoms with Gasteiger partial charge in [0.15, 0.2) is 0 Å². The minimum absolute atomic E-state index is 0.551. The lowest BCUT2D eigenvalue weighted by Crippen LogP contribution is -2.08. The molecule has 2 fully saturated rings. The van der Waals surface area contributed by atoms with E-state index in [0.717, 1.165) is 19.0 Å². The third-order valence-corrected chi connectivity index (χ3v) is 3.76. The summed E-state index contributed by atoms with van der Waals surface area (Å²) in [6.07, 6.45) is 3.93. The minimum atomic E-state index is 0.551. The van der Waals surface area contributed by atoms with Crippen molar-refractivity contribution in [2.24, 2.45) is 0 Å². The number of H-pyrrole nitrogens is 1. The molecule has 16 heavy (non-hydrogen) atoms. The monoisotopic (exact) mass is 219 g/mol. The summed E-state index contributed by atoms with van der Waals surface area (Å²) in [6, 6.07) is 0. The highest BCUT2D eigenvalue weighted by molar-refractivity contribution is 5.27. The van der Waals surface area contributed by atoms with Gasteiger partial charge in [-0.3, -0.25) is 0 Å². The van der Waals surface area contributed by atoms with Gasteiger partial charge in [0.05, 0.1) is 5.69 Å². The summed E-state index contributed by atoms with van der Waals surface area (Å²) < 4.78 is 0. The van der Waals surface area contributed by atoms with Gasteiger partial charge in [0, 0.05) is 24.1 Å². The summed E-state index contributed by atoms with van der Waals surface area (Å²) in [7, 11) is 0.